The van der Waals surface area contributed by atoms with E-state index in [0.29, 0.717) is 17.1 Å². The number of nitrogen functional groups attached to an aromatic ring is 1. The van der Waals surface area contributed by atoms with Gasteiger partial charge in [0.1, 0.15) is 5.75 Å². The Morgan fingerprint density at radius 3 is 2.57 bits per heavy atom. The molecule has 0 aromatic heterocycles. The average molecular weight is 284 g/mol. The first-order valence-corrected chi connectivity index (χ1v) is 6.86. The lowest BCUT2D eigenvalue weighted by atomic mass is 10.1. The van der Waals surface area contributed by atoms with Crippen LogP contribution >= 0.6 is 0 Å². The highest BCUT2D eigenvalue weighted by Gasteiger charge is 2.16. The summed E-state index contributed by atoms with van der Waals surface area (Å²) in [5.74, 6) is 0.511. The summed E-state index contributed by atoms with van der Waals surface area (Å²) in [5.41, 5.74) is 9.02. The second kappa shape index (κ2) is 6.31. The zero-order chi connectivity index (χ0) is 15.4. The molecule has 2 aromatic rings. The normalized spacial score (nSPS) is 11.8. The molecular weight excluding hydrogens is 264 g/mol. The molecule has 1 amide bonds. The Labute approximate surface area is 124 Å². The molecule has 21 heavy (non-hydrogen) atoms. The van der Waals surface area contributed by atoms with Gasteiger partial charge in [0, 0.05) is 11.4 Å². The minimum absolute atomic E-state index is 0.202. The van der Waals surface area contributed by atoms with Crippen LogP contribution in [0.25, 0.3) is 0 Å². The maximum absolute atomic E-state index is 12.2. The topological polar surface area (TPSA) is 64.3 Å². The van der Waals surface area contributed by atoms with Crippen molar-refractivity contribution < 1.29 is 9.53 Å². The second-order valence-corrected chi connectivity index (χ2v) is 5.09. The molecule has 1 atom stereocenters. The molecule has 0 radical (unpaired) electrons. The SMILES string of the molecule is Cc1ccc(N)cc1NC(=O)C(C)Oc1ccccc1C. The Balaban J connectivity index is 2.06. The molecule has 0 saturated heterocycles. The maximum Gasteiger partial charge on any atom is 0.265 e. The Hall–Kier alpha value is -2.49. The molecule has 2 rings (SSSR count). The zero-order valence-electron chi connectivity index (χ0n) is 12.5. The molecule has 3 N–H and O–H groups in total. The number of nitrogens with two attached hydrogens (primary N) is 1. The van der Waals surface area contributed by atoms with Gasteiger partial charge in [-0.2, -0.15) is 0 Å². The first-order valence-electron chi connectivity index (χ1n) is 6.86. The summed E-state index contributed by atoms with van der Waals surface area (Å²) in [6.45, 7) is 5.59. The molecule has 0 spiro atoms. The first-order chi connectivity index (χ1) is 9.97. The molecule has 110 valence electrons. The predicted molar refractivity (Wildman–Crippen MR) is 85.5 cm³/mol. The van der Waals surface area contributed by atoms with Crippen molar-refractivity contribution in [2.45, 2.75) is 26.9 Å². The molecule has 1 unspecified atom stereocenters. The lowest BCUT2D eigenvalue weighted by molar-refractivity contribution is -0.122. The summed E-state index contributed by atoms with van der Waals surface area (Å²) in [4.78, 5) is 12.2. The van der Waals surface area contributed by atoms with Gasteiger partial charge in [-0.25, -0.2) is 0 Å². The number of amides is 1. The smallest absolute Gasteiger partial charge is 0.265 e. The Kier molecular flexibility index (Phi) is 4.48. The Morgan fingerprint density at radius 1 is 1.14 bits per heavy atom. The number of carbonyl (C=O) groups excluding carboxylic acids is 1. The standard InChI is InChI=1S/C17H20N2O2/c1-11-8-9-14(18)10-15(11)19-17(20)13(3)21-16-7-5-4-6-12(16)2/h4-10,13H,18H2,1-3H3,(H,19,20). The van der Waals surface area contributed by atoms with Gasteiger partial charge in [0.15, 0.2) is 6.10 Å². The number of hydrogen-bond acceptors (Lipinski definition) is 3. The molecule has 4 heteroatoms. The van der Waals surface area contributed by atoms with E-state index in [1.165, 1.54) is 0 Å². The number of carbonyl (C=O) groups is 1. The highest BCUT2D eigenvalue weighted by atomic mass is 16.5. The van der Waals surface area contributed by atoms with Crippen molar-refractivity contribution >= 4 is 17.3 Å². The van der Waals surface area contributed by atoms with Gasteiger partial charge in [-0.05, 0) is 50.1 Å². The van der Waals surface area contributed by atoms with Crippen LogP contribution in [-0.2, 0) is 4.79 Å². The van der Waals surface area contributed by atoms with Gasteiger partial charge in [-0.1, -0.05) is 24.3 Å². The van der Waals surface area contributed by atoms with Crippen molar-refractivity contribution in [2.75, 3.05) is 11.1 Å². The van der Waals surface area contributed by atoms with Crippen LogP contribution < -0.4 is 15.8 Å². The number of anilines is 2. The molecular formula is C17H20N2O2. The van der Waals surface area contributed by atoms with Crippen LogP contribution in [0, 0.1) is 13.8 Å². The number of para-hydroxylation sites is 1. The summed E-state index contributed by atoms with van der Waals surface area (Å²) in [6.07, 6.45) is -0.591. The van der Waals surface area contributed by atoms with Crippen LogP contribution in [0.3, 0.4) is 0 Å². The largest absolute Gasteiger partial charge is 0.481 e. The number of aryl methyl sites for hydroxylation is 2. The monoisotopic (exact) mass is 284 g/mol. The van der Waals surface area contributed by atoms with E-state index in [1.807, 2.05) is 44.2 Å². The van der Waals surface area contributed by atoms with Crippen LogP contribution in [0.15, 0.2) is 42.5 Å². The lowest BCUT2D eigenvalue weighted by Gasteiger charge is -2.17. The van der Waals surface area contributed by atoms with Gasteiger partial charge in [0.25, 0.3) is 5.91 Å². The van der Waals surface area contributed by atoms with E-state index < -0.39 is 6.10 Å². The minimum atomic E-state index is -0.591. The minimum Gasteiger partial charge on any atom is -0.481 e. The molecule has 0 heterocycles. The summed E-state index contributed by atoms with van der Waals surface area (Å²) < 4.78 is 5.71. The number of benzene rings is 2. The van der Waals surface area contributed by atoms with Crippen molar-refractivity contribution in [3.63, 3.8) is 0 Å². The van der Waals surface area contributed by atoms with Crippen LogP contribution in [0.4, 0.5) is 11.4 Å². The number of hydrogen-bond donors (Lipinski definition) is 2. The third-order valence-electron chi connectivity index (χ3n) is 3.29. The number of nitrogens with one attached hydrogen (secondary N) is 1. The van der Waals surface area contributed by atoms with E-state index in [-0.39, 0.29) is 5.91 Å². The molecule has 0 aliphatic carbocycles. The van der Waals surface area contributed by atoms with E-state index in [9.17, 15) is 4.79 Å². The van der Waals surface area contributed by atoms with Gasteiger partial charge in [-0.15, -0.1) is 0 Å². The molecule has 2 aromatic carbocycles. The van der Waals surface area contributed by atoms with Gasteiger partial charge >= 0.3 is 0 Å². The quantitative estimate of drug-likeness (QED) is 0.847. The predicted octanol–water partition coefficient (Wildman–Crippen LogP) is 3.29. The molecule has 0 saturated carbocycles. The average Bonchev–Trinajstić information content (AvgIpc) is 2.45. The summed E-state index contributed by atoms with van der Waals surface area (Å²) in [6, 6.07) is 13.0. The van der Waals surface area contributed by atoms with Crippen molar-refractivity contribution in [1.82, 2.24) is 0 Å². The van der Waals surface area contributed by atoms with Crippen LogP contribution in [0.2, 0.25) is 0 Å². The fraction of sp³-hybridized carbons (Fsp3) is 0.235. The van der Waals surface area contributed by atoms with Crippen molar-refractivity contribution in [3.8, 4) is 5.75 Å². The van der Waals surface area contributed by atoms with Crippen LogP contribution in [0.5, 0.6) is 5.75 Å². The summed E-state index contributed by atoms with van der Waals surface area (Å²) >= 11 is 0. The molecule has 0 bridgehead atoms. The van der Waals surface area contributed by atoms with Gasteiger partial charge < -0.3 is 15.8 Å². The Morgan fingerprint density at radius 2 is 1.86 bits per heavy atom. The van der Waals surface area contributed by atoms with E-state index in [0.717, 1.165) is 11.1 Å². The fourth-order valence-electron chi connectivity index (χ4n) is 1.94. The third kappa shape index (κ3) is 3.75. The highest BCUT2D eigenvalue weighted by Crippen LogP contribution is 2.20. The molecule has 0 aliphatic heterocycles. The summed E-state index contributed by atoms with van der Waals surface area (Å²) in [7, 11) is 0. The molecule has 0 aliphatic rings. The van der Waals surface area contributed by atoms with Gasteiger partial charge in [0.05, 0.1) is 0 Å². The van der Waals surface area contributed by atoms with Crippen LogP contribution in [-0.4, -0.2) is 12.0 Å². The zero-order valence-corrected chi connectivity index (χ0v) is 12.5. The number of rotatable bonds is 4. The molecule has 4 nitrogen and oxygen atoms in total. The van der Waals surface area contributed by atoms with Crippen molar-refractivity contribution in [3.05, 3.63) is 53.6 Å². The maximum atomic E-state index is 12.2. The van der Waals surface area contributed by atoms with E-state index >= 15 is 0 Å². The van der Waals surface area contributed by atoms with E-state index in [1.54, 1.807) is 19.1 Å². The number of ether oxygens (including phenoxy) is 1. The van der Waals surface area contributed by atoms with Crippen molar-refractivity contribution in [2.24, 2.45) is 0 Å². The fourth-order valence-corrected chi connectivity index (χ4v) is 1.94. The van der Waals surface area contributed by atoms with E-state index in [2.05, 4.69) is 5.32 Å². The van der Waals surface area contributed by atoms with Crippen LogP contribution in [0.1, 0.15) is 18.1 Å². The molecule has 0 fully saturated rings. The second-order valence-electron chi connectivity index (χ2n) is 5.09. The summed E-state index contributed by atoms with van der Waals surface area (Å²) in [5, 5.41) is 2.85. The Bertz CT molecular complexity index is 653. The third-order valence-corrected chi connectivity index (χ3v) is 3.29. The van der Waals surface area contributed by atoms with Gasteiger partial charge in [-0.3, -0.25) is 4.79 Å². The van der Waals surface area contributed by atoms with Crippen molar-refractivity contribution in [1.29, 1.82) is 0 Å². The lowest BCUT2D eigenvalue weighted by Crippen LogP contribution is -2.30. The van der Waals surface area contributed by atoms with Gasteiger partial charge in [0.2, 0.25) is 0 Å². The van der Waals surface area contributed by atoms with E-state index in [4.69, 9.17) is 10.5 Å². The highest BCUT2D eigenvalue weighted by molar-refractivity contribution is 5.95. The first kappa shape index (κ1) is 14.9.